The molecule has 7 nitrogen and oxygen atoms in total. The van der Waals surface area contributed by atoms with Crippen LogP contribution in [-0.4, -0.2) is 34.1 Å². The van der Waals surface area contributed by atoms with Gasteiger partial charge in [-0.1, -0.05) is 11.6 Å². The molecule has 2 aliphatic rings. The number of halogens is 1. The number of hydrogen-bond donors (Lipinski definition) is 1. The molecule has 0 unspecified atom stereocenters. The van der Waals surface area contributed by atoms with Gasteiger partial charge in [-0.3, -0.25) is 14.7 Å². The van der Waals surface area contributed by atoms with Gasteiger partial charge in [0.15, 0.2) is 24.1 Å². The van der Waals surface area contributed by atoms with Crippen molar-refractivity contribution in [3.63, 3.8) is 0 Å². The summed E-state index contributed by atoms with van der Waals surface area (Å²) in [6, 6.07) is 6.56. The molecule has 5 rings (SSSR count). The molecule has 1 aliphatic carbocycles. The predicted molar refractivity (Wildman–Crippen MR) is 109 cm³/mol. The molecule has 1 aliphatic heterocycles. The lowest BCUT2D eigenvalue weighted by Gasteiger charge is -2.19. The lowest BCUT2D eigenvalue weighted by molar-refractivity contribution is 0.0952. The van der Waals surface area contributed by atoms with Gasteiger partial charge >= 0.3 is 0 Å². The van der Waals surface area contributed by atoms with E-state index in [0.717, 1.165) is 18.4 Å². The molecule has 152 valence electrons. The number of aryl methyl sites for hydroxylation is 1. The highest BCUT2D eigenvalue weighted by atomic mass is 19.1. The van der Waals surface area contributed by atoms with E-state index in [1.54, 1.807) is 29.3 Å². The molecule has 1 saturated carbocycles. The number of benzene rings is 1. The van der Waals surface area contributed by atoms with Crippen LogP contribution in [0.15, 0.2) is 42.9 Å². The van der Waals surface area contributed by atoms with Gasteiger partial charge in [0, 0.05) is 18.9 Å². The van der Waals surface area contributed by atoms with Gasteiger partial charge < -0.3 is 10.1 Å². The number of amides is 1. The summed E-state index contributed by atoms with van der Waals surface area (Å²) in [6.07, 6.45) is 7.00. The second-order valence-corrected chi connectivity index (χ2v) is 7.61. The molecule has 1 N–H and O–H groups in total. The highest BCUT2D eigenvalue weighted by Gasteiger charge is 2.29. The number of nitrogens with zero attached hydrogens (tertiary/aromatic N) is 4. The van der Waals surface area contributed by atoms with Crippen LogP contribution in [0, 0.1) is 18.7 Å². The average Bonchev–Trinajstić information content (AvgIpc) is 3.51. The Balaban J connectivity index is 1.50. The van der Waals surface area contributed by atoms with E-state index in [9.17, 15) is 9.18 Å². The van der Waals surface area contributed by atoms with E-state index < -0.39 is 5.82 Å². The number of anilines is 2. The number of aromatic nitrogens is 3. The Morgan fingerprint density at radius 3 is 3.00 bits per heavy atom. The summed E-state index contributed by atoms with van der Waals surface area (Å²) in [5, 5.41) is 2.97. The van der Waals surface area contributed by atoms with Gasteiger partial charge in [-0.15, -0.1) is 0 Å². The first kappa shape index (κ1) is 18.5. The molecule has 0 saturated heterocycles. The van der Waals surface area contributed by atoms with E-state index in [4.69, 9.17) is 4.74 Å². The summed E-state index contributed by atoms with van der Waals surface area (Å²) in [5.74, 6) is 1.23. The minimum absolute atomic E-state index is 0.177. The molecule has 0 spiro atoms. The topological polar surface area (TPSA) is 80.2 Å². The normalized spacial score (nSPS) is 14.9. The fraction of sp³-hybridized carbons (Fsp3) is 0.273. The number of rotatable bonds is 5. The van der Waals surface area contributed by atoms with Crippen molar-refractivity contribution in [3.8, 4) is 17.1 Å². The van der Waals surface area contributed by atoms with Crippen LogP contribution in [0.4, 0.5) is 15.9 Å². The summed E-state index contributed by atoms with van der Waals surface area (Å²) in [6.45, 7) is 2.73. The van der Waals surface area contributed by atoms with Crippen molar-refractivity contribution < 1.29 is 13.9 Å². The van der Waals surface area contributed by atoms with Crippen molar-refractivity contribution >= 4 is 17.4 Å². The van der Waals surface area contributed by atoms with Crippen LogP contribution < -0.4 is 15.0 Å². The third kappa shape index (κ3) is 3.45. The van der Waals surface area contributed by atoms with E-state index in [2.05, 4.69) is 20.3 Å². The van der Waals surface area contributed by atoms with Crippen LogP contribution in [-0.2, 0) is 0 Å². The molecule has 1 fully saturated rings. The van der Waals surface area contributed by atoms with Crippen LogP contribution in [0.5, 0.6) is 5.75 Å². The number of ether oxygens (including phenoxy) is 1. The smallest absolute Gasteiger partial charge is 0.254 e. The molecule has 3 aromatic rings. The van der Waals surface area contributed by atoms with Crippen molar-refractivity contribution in [3.05, 3.63) is 59.8 Å². The van der Waals surface area contributed by atoms with Crippen molar-refractivity contribution in [2.75, 3.05) is 18.2 Å². The summed E-state index contributed by atoms with van der Waals surface area (Å²) >= 11 is 0. The van der Waals surface area contributed by atoms with E-state index in [0.29, 0.717) is 40.8 Å². The molecule has 1 aromatic carbocycles. The number of hydrogen-bond acceptors (Lipinski definition) is 6. The summed E-state index contributed by atoms with van der Waals surface area (Å²) < 4.78 is 20.1. The van der Waals surface area contributed by atoms with E-state index in [1.165, 1.54) is 18.5 Å². The monoisotopic (exact) mass is 405 g/mol. The van der Waals surface area contributed by atoms with Gasteiger partial charge in [0.2, 0.25) is 0 Å². The number of fused-ring (bicyclic) bond motifs is 1. The standard InChI is InChI=1S/C22H20FN5O2/c1-13-2-5-17(23)15(8-13)20-25-11-19-21(27-20)28(12-30-19)18-6-7-24-10-16(18)22(29)26-9-14-3-4-14/h2,5-8,10-11,14H,3-4,9,12H2,1H3,(H,26,29). The molecule has 0 atom stereocenters. The molecular formula is C22H20FN5O2. The van der Waals surface area contributed by atoms with E-state index in [1.807, 2.05) is 6.92 Å². The fourth-order valence-corrected chi connectivity index (χ4v) is 3.43. The first-order valence-electron chi connectivity index (χ1n) is 9.86. The van der Waals surface area contributed by atoms with Crippen molar-refractivity contribution in [1.29, 1.82) is 0 Å². The predicted octanol–water partition coefficient (Wildman–Crippen LogP) is 3.61. The molecule has 0 radical (unpaired) electrons. The number of nitrogens with one attached hydrogen (secondary N) is 1. The number of carbonyl (C=O) groups is 1. The first-order valence-corrected chi connectivity index (χ1v) is 9.86. The Morgan fingerprint density at radius 1 is 1.30 bits per heavy atom. The molecule has 8 heteroatoms. The molecule has 30 heavy (non-hydrogen) atoms. The van der Waals surface area contributed by atoms with Gasteiger partial charge in [-0.2, -0.15) is 0 Å². The maximum atomic E-state index is 14.4. The van der Waals surface area contributed by atoms with Crippen LogP contribution in [0.1, 0.15) is 28.8 Å². The molecule has 0 bridgehead atoms. The Morgan fingerprint density at radius 2 is 2.17 bits per heavy atom. The Bertz CT molecular complexity index is 1130. The third-order valence-electron chi connectivity index (χ3n) is 5.29. The zero-order valence-corrected chi connectivity index (χ0v) is 16.4. The maximum absolute atomic E-state index is 14.4. The SMILES string of the molecule is Cc1ccc(F)c(-c2ncc3c(n2)N(c2ccncc2C(=O)NCC2CC2)CO3)c1. The van der Waals surface area contributed by atoms with Crippen molar-refractivity contribution in [1.82, 2.24) is 20.3 Å². The molecule has 1 amide bonds. The van der Waals surface area contributed by atoms with Gasteiger partial charge in [-0.05, 0) is 43.9 Å². The first-order chi connectivity index (χ1) is 14.6. The van der Waals surface area contributed by atoms with Gasteiger partial charge in [0.25, 0.3) is 5.91 Å². The van der Waals surface area contributed by atoms with Crippen LogP contribution in [0.3, 0.4) is 0 Å². The van der Waals surface area contributed by atoms with Gasteiger partial charge in [0.05, 0.1) is 23.0 Å². The average molecular weight is 405 g/mol. The van der Waals surface area contributed by atoms with Crippen molar-refractivity contribution in [2.24, 2.45) is 5.92 Å². The van der Waals surface area contributed by atoms with Crippen LogP contribution >= 0.6 is 0 Å². The second-order valence-electron chi connectivity index (χ2n) is 7.61. The Kier molecular flexibility index (Phi) is 4.54. The summed E-state index contributed by atoms with van der Waals surface area (Å²) in [5.41, 5.74) is 2.30. The van der Waals surface area contributed by atoms with E-state index in [-0.39, 0.29) is 18.5 Å². The van der Waals surface area contributed by atoms with Crippen molar-refractivity contribution in [2.45, 2.75) is 19.8 Å². The zero-order valence-electron chi connectivity index (χ0n) is 16.4. The zero-order chi connectivity index (χ0) is 20.7. The van der Waals surface area contributed by atoms with Gasteiger partial charge in [-0.25, -0.2) is 14.4 Å². The minimum Gasteiger partial charge on any atom is -0.467 e. The summed E-state index contributed by atoms with van der Waals surface area (Å²) in [4.78, 5) is 27.5. The highest BCUT2D eigenvalue weighted by Crippen LogP contribution is 2.39. The molecule has 2 aromatic heterocycles. The Labute approximate surface area is 172 Å². The largest absolute Gasteiger partial charge is 0.467 e. The van der Waals surface area contributed by atoms with Crippen LogP contribution in [0.2, 0.25) is 0 Å². The number of pyridine rings is 1. The molecule has 3 heterocycles. The third-order valence-corrected chi connectivity index (χ3v) is 5.29. The lowest BCUT2D eigenvalue weighted by atomic mass is 10.1. The quantitative estimate of drug-likeness (QED) is 0.699. The summed E-state index contributed by atoms with van der Waals surface area (Å²) in [7, 11) is 0. The van der Waals surface area contributed by atoms with E-state index >= 15 is 0 Å². The van der Waals surface area contributed by atoms with Crippen LogP contribution in [0.25, 0.3) is 11.4 Å². The lowest BCUT2D eigenvalue weighted by Crippen LogP contribution is -2.28. The maximum Gasteiger partial charge on any atom is 0.254 e. The molecular weight excluding hydrogens is 385 g/mol. The van der Waals surface area contributed by atoms with Gasteiger partial charge in [0.1, 0.15) is 5.82 Å². The second kappa shape index (κ2) is 7.37. The Hall–Kier alpha value is -3.55. The fourth-order valence-electron chi connectivity index (χ4n) is 3.43. The number of carbonyl (C=O) groups excluding carboxylic acids is 1. The minimum atomic E-state index is -0.393. The highest BCUT2D eigenvalue weighted by molar-refractivity contribution is 6.00.